The minimum absolute atomic E-state index is 0.484. The van der Waals surface area contributed by atoms with Crippen molar-refractivity contribution in [1.82, 2.24) is 5.32 Å². The molecule has 0 aliphatic rings. The van der Waals surface area contributed by atoms with Crippen molar-refractivity contribution < 1.29 is 4.74 Å². The van der Waals surface area contributed by atoms with E-state index >= 15 is 0 Å². The number of nitrogens with one attached hydrogen (secondary N) is 1. The molecule has 0 aliphatic heterocycles. The molecule has 2 heteroatoms. The molecule has 0 amide bonds. The molecule has 68 valence electrons. The number of hydrogen-bond donors (Lipinski definition) is 1. The Morgan fingerprint density at radius 1 is 1.27 bits per heavy atom. The van der Waals surface area contributed by atoms with Crippen molar-refractivity contribution in [2.75, 3.05) is 19.8 Å². The zero-order valence-corrected chi connectivity index (χ0v) is 8.18. The van der Waals surface area contributed by atoms with Gasteiger partial charge in [-0.15, -0.1) is 0 Å². The van der Waals surface area contributed by atoms with Crippen LogP contribution in [-0.2, 0) is 4.74 Å². The quantitative estimate of drug-likeness (QED) is 0.636. The fourth-order valence-electron chi connectivity index (χ4n) is 0.790. The third-order valence-electron chi connectivity index (χ3n) is 1.45. The van der Waals surface area contributed by atoms with E-state index in [1.165, 1.54) is 0 Å². The molecule has 1 atom stereocenters. The summed E-state index contributed by atoms with van der Waals surface area (Å²) < 4.78 is 5.27. The number of rotatable bonds is 6. The maximum absolute atomic E-state index is 5.27. The second-order valence-electron chi connectivity index (χ2n) is 3.36. The summed E-state index contributed by atoms with van der Waals surface area (Å²) in [5.41, 5.74) is 0. The van der Waals surface area contributed by atoms with Gasteiger partial charge in [-0.05, 0) is 26.3 Å². The Hall–Kier alpha value is -0.0800. The Labute approximate surface area is 70.3 Å². The predicted molar refractivity (Wildman–Crippen MR) is 48.8 cm³/mol. The smallest absolute Gasteiger partial charge is 0.0616 e. The van der Waals surface area contributed by atoms with Crippen LogP contribution in [0.2, 0.25) is 0 Å². The Kier molecular flexibility index (Phi) is 6.57. The first-order valence-electron chi connectivity index (χ1n) is 4.48. The van der Waals surface area contributed by atoms with Crippen molar-refractivity contribution in [2.24, 2.45) is 5.92 Å². The van der Waals surface area contributed by atoms with E-state index < -0.39 is 0 Å². The lowest BCUT2D eigenvalue weighted by molar-refractivity contribution is 0.126. The summed E-state index contributed by atoms with van der Waals surface area (Å²) in [7, 11) is 0. The van der Waals surface area contributed by atoms with Crippen molar-refractivity contribution in [1.29, 1.82) is 0 Å². The molecule has 1 unspecified atom stereocenters. The van der Waals surface area contributed by atoms with Gasteiger partial charge >= 0.3 is 0 Å². The van der Waals surface area contributed by atoms with Crippen molar-refractivity contribution >= 4 is 0 Å². The van der Waals surface area contributed by atoms with Gasteiger partial charge in [-0.2, -0.15) is 0 Å². The van der Waals surface area contributed by atoms with Gasteiger partial charge in [-0.25, -0.2) is 0 Å². The van der Waals surface area contributed by atoms with E-state index in [9.17, 15) is 0 Å². The lowest BCUT2D eigenvalue weighted by Crippen LogP contribution is -2.33. The summed E-state index contributed by atoms with van der Waals surface area (Å²) in [6.45, 7) is 11.3. The van der Waals surface area contributed by atoms with Crippen molar-refractivity contribution in [3.8, 4) is 0 Å². The average Bonchev–Trinajstić information content (AvgIpc) is 1.97. The van der Waals surface area contributed by atoms with Crippen LogP contribution in [0.1, 0.15) is 27.7 Å². The molecule has 1 N–H and O–H groups in total. The topological polar surface area (TPSA) is 21.3 Å². The molecule has 0 saturated heterocycles. The van der Waals surface area contributed by atoms with Crippen LogP contribution in [0.5, 0.6) is 0 Å². The molecule has 0 aliphatic carbocycles. The van der Waals surface area contributed by atoms with E-state index in [1.807, 2.05) is 6.92 Å². The standard InChI is InChI=1S/C9H21NO/c1-5-11-7-9(4)10-6-8(2)3/h8-10H,5-7H2,1-4H3. The maximum Gasteiger partial charge on any atom is 0.0616 e. The van der Waals surface area contributed by atoms with Crippen molar-refractivity contribution in [2.45, 2.75) is 33.7 Å². The van der Waals surface area contributed by atoms with Gasteiger partial charge in [0.15, 0.2) is 0 Å². The van der Waals surface area contributed by atoms with E-state index in [-0.39, 0.29) is 0 Å². The van der Waals surface area contributed by atoms with Gasteiger partial charge in [0.1, 0.15) is 0 Å². The summed E-state index contributed by atoms with van der Waals surface area (Å²) in [5.74, 6) is 0.721. The molecule has 0 fully saturated rings. The van der Waals surface area contributed by atoms with Gasteiger partial charge < -0.3 is 10.1 Å². The molecule has 0 aromatic rings. The highest BCUT2D eigenvalue weighted by Crippen LogP contribution is 1.90. The highest BCUT2D eigenvalue weighted by molar-refractivity contribution is 4.60. The Balaban J connectivity index is 3.15. The molecule has 0 spiro atoms. The Morgan fingerprint density at radius 2 is 1.91 bits per heavy atom. The minimum atomic E-state index is 0.484. The zero-order chi connectivity index (χ0) is 8.69. The average molecular weight is 159 g/mol. The fraction of sp³-hybridized carbons (Fsp3) is 1.00. The second-order valence-corrected chi connectivity index (χ2v) is 3.36. The van der Waals surface area contributed by atoms with Crippen LogP contribution in [-0.4, -0.2) is 25.8 Å². The monoisotopic (exact) mass is 159 g/mol. The van der Waals surface area contributed by atoms with Crippen LogP contribution in [0.15, 0.2) is 0 Å². The summed E-state index contributed by atoms with van der Waals surface area (Å²) in [6.07, 6.45) is 0. The van der Waals surface area contributed by atoms with Crippen LogP contribution in [0.3, 0.4) is 0 Å². The lowest BCUT2D eigenvalue weighted by atomic mass is 10.2. The number of ether oxygens (including phenoxy) is 1. The van der Waals surface area contributed by atoms with Crippen LogP contribution in [0.25, 0.3) is 0 Å². The largest absolute Gasteiger partial charge is 0.380 e. The molecule has 0 aromatic heterocycles. The lowest BCUT2D eigenvalue weighted by Gasteiger charge is -2.14. The third kappa shape index (κ3) is 7.82. The maximum atomic E-state index is 5.27. The van der Waals surface area contributed by atoms with Gasteiger partial charge in [0.2, 0.25) is 0 Å². The molecule has 0 heterocycles. The van der Waals surface area contributed by atoms with E-state index in [0.29, 0.717) is 6.04 Å². The molecular weight excluding hydrogens is 138 g/mol. The first-order valence-corrected chi connectivity index (χ1v) is 4.48. The molecule has 0 rings (SSSR count). The summed E-state index contributed by atoms with van der Waals surface area (Å²) >= 11 is 0. The van der Waals surface area contributed by atoms with Gasteiger partial charge in [0.05, 0.1) is 6.61 Å². The first-order chi connectivity index (χ1) is 5.16. The van der Waals surface area contributed by atoms with Gasteiger partial charge in [-0.3, -0.25) is 0 Å². The van der Waals surface area contributed by atoms with Crippen LogP contribution >= 0.6 is 0 Å². The van der Waals surface area contributed by atoms with E-state index in [1.54, 1.807) is 0 Å². The summed E-state index contributed by atoms with van der Waals surface area (Å²) in [6, 6.07) is 0.484. The Bertz CT molecular complexity index is 83.6. The van der Waals surface area contributed by atoms with E-state index in [4.69, 9.17) is 4.74 Å². The molecular formula is C9H21NO. The number of hydrogen-bond acceptors (Lipinski definition) is 2. The van der Waals surface area contributed by atoms with Crippen LogP contribution in [0.4, 0.5) is 0 Å². The van der Waals surface area contributed by atoms with Gasteiger partial charge in [0, 0.05) is 12.6 Å². The molecule has 2 nitrogen and oxygen atoms in total. The Morgan fingerprint density at radius 3 is 2.36 bits per heavy atom. The first kappa shape index (κ1) is 10.9. The molecule has 0 aromatic carbocycles. The fourth-order valence-corrected chi connectivity index (χ4v) is 0.790. The SMILES string of the molecule is CCOCC(C)NCC(C)C. The molecule has 11 heavy (non-hydrogen) atoms. The van der Waals surface area contributed by atoms with Crippen molar-refractivity contribution in [3.63, 3.8) is 0 Å². The highest BCUT2D eigenvalue weighted by atomic mass is 16.5. The third-order valence-corrected chi connectivity index (χ3v) is 1.45. The van der Waals surface area contributed by atoms with Crippen molar-refractivity contribution in [3.05, 3.63) is 0 Å². The van der Waals surface area contributed by atoms with Gasteiger partial charge in [-0.1, -0.05) is 13.8 Å². The molecule has 0 bridgehead atoms. The molecule has 0 saturated carbocycles. The molecule has 0 radical (unpaired) electrons. The predicted octanol–water partition coefficient (Wildman–Crippen LogP) is 1.66. The van der Waals surface area contributed by atoms with Gasteiger partial charge in [0.25, 0.3) is 0 Å². The van der Waals surface area contributed by atoms with Crippen LogP contribution < -0.4 is 5.32 Å². The zero-order valence-electron chi connectivity index (χ0n) is 8.18. The van der Waals surface area contributed by atoms with E-state index in [0.717, 1.165) is 25.7 Å². The summed E-state index contributed by atoms with van der Waals surface area (Å²) in [5, 5.41) is 3.39. The van der Waals surface area contributed by atoms with Crippen LogP contribution in [0, 0.1) is 5.92 Å². The summed E-state index contributed by atoms with van der Waals surface area (Å²) in [4.78, 5) is 0. The second kappa shape index (κ2) is 6.62. The minimum Gasteiger partial charge on any atom is -0.380 e. The van der Waals surface area contributed by atoms with E-state index in [2.05, 4.69) is 26.1 Å². The highest BCUT2D eigenvalue weighted by Gasteiger charge is 2.00. The normalized spacial score (nSPS) is 13.9.